The van der Waals surface area contributed by atoms with E-state index in [1.807, 2.05) is 42.9 Å². The van der Waals surface area contributed by atoms with Gasteiger partial charge in [0.05, 0.1) is 41.2 Å². The molecule has 36 heavy (non-hydrogen) atoms. The molecule has 5 heterocycles. The lowest BCUT2D eigenvalue weighted by atomic mass is 10.1. The quantitative estimate of drug-likeness (QED) is 0.271. The smallest absolute Gasteiger partial charge is 0.272 e. The predicted molar refractivity (Wildman–Crippen MR) is 136 cm³/mol. The van der Waals surface area contributed by atoms with Crippen molar-refractivity contribution in [1.82, 2.24) is 39.8 Å². The molecule has 11 nitrogen and oxygen atoms in total. The van der Waals surface area contributed by atoms with Gasteiger partial charge < -0.3 is 24.9 Å². The molecule has 0 radical (unpaired) electrons. The summed E-state index contributed by atoms with van der Waals surface area (Å²) in [6.45, 7) is 0.583. The van der Waals surface area contributed by atoms with Gasteiger partial charge >= 0.3 is 0 Å². The van der Waals surface area contributed by atoms with Crippen molar-refractivity contribution in [3.05, 3.63) is 60.6 Å². The number of hydrogen-bond acceptors (Lipinski definition) is 8. The monoisotopic (exact) mass is 485 g/mol. The van der Waals surface area contributed by atoms with Gasteiger partial charge in [0.2, 0.25) is 0 Å². The number of anilines is 1. The molecule has 1 amide bonds. The number of carbonyl (C=O) groups excluding carboxylic acids is 1. The van der Waals surface area contributed by atoms with E-state index in [1.165, 1.54) is 18.6 Å². The third-order valence-electron chi connectivity index (χ3n) is 6.02. The van der Waals surface area contributed by atoms with Gasteiger partial charge in [-0.15, -0.1) is 0 Å². The van der Waals surface area contributed by atoms with Crippen LogP contribution in [0.15, 0.2) is 49.2 Å². The van der Waals surface area contributed by atoms with Crippen LogP contribution < -0.4 is 10.6 Å². The first-order chi connectivity index (χ1) is 17.6. The Bertz CT molecular complexity index is 1510. The van der Waals surface area contributed by atoms with E-state index in [0.717, 1.165) is 45.6 Å². The zero-order valence-corrected chi connectivity index (χ0v) is 20.3. The molecule has 0 bridgehead atoms. The molecular weight excluding hydrogens is 458 g/mol. The molecule has 0 spiro atoms. The van der Waals surface area contributed by atoms with Gasteiger partial charge in [0.1, 0.15) is 16.9 Å². The standard InChI is InChI=1S/C25H27N9O2/c1-26-24-21-22(34(2)14-29-21)15-12-19(31-23(15)33-24)18-7-4-6-16(30-18)17(8-5-11-36-3)32-25(35)20-13-27-9-10-28-20/h4,6-7,9-10,12-14,17H,5,8,11H2,1-3H3,(H,32,35)(H2,26,31,33)/t17-/m0/s1. The average Bonchev–Trinajstić information content (AvgIpc) is 3.51. The fraction of sp³-hybridized carbons (Fsp3) is 0.280. The number of nitrogens with one attached hydrogen (secondary N) is 3. The Morgan fingerprint density at radius 1 is 1.22 bits per heavy atom. The van der Waals surface area contributed by atoms with Crippen LogP contribution in [0.25, 0.3) is 33.5 Å². The normalized spacial score (nSPS) is 12.2. The minimum atomic E-state index is -0.322. The molecule has 11 heteroatoms. The number of aromatic amines is 1. The largest absolute Gasteiger partial charge is 0.385 e. The lowest BCUT2D eigenvalue weighted by Crippen LogP contribution is -2.30. The minimum absolute atomic E-state index is 0.257. The van der Waals surface area contributed by atoms with E-state index >= 15 is 0 Å². The van der Waals surface area contributed by atoms with Gasteiger partial charge in [-0.2, -0.15) is 0 Å². The summed E-state index contributed by atoms with van der Waals surface area (Å²) in [6, 6.07) is 7.50. The summed E-state index contributed by atoms with van der Waals surface area (Å²) in [5.41, 5.74) is 5.11. The zero-order valence-electron chi connectivity index (χ0n) is 20.3. The van der Waals surface area contributed by atoms with Crippen LogP contribution in [0, 0.1) is 0 Å². The van der Waals surface area contributed by atoms with Gasteiger partial charge in [-0.1, -0.05) is 6.07 Å². The summed E-state index contributed by atoms with van der Waals surface area (Å²) in [7, 11) is 5.45. The number of nitrogens with zero attached hydrogens (tertiary/aromatic N) is 6. The predicted octanol–water partition coefficient (Wildman–Crippen LogP) is 3.24. The second-order valence-corrected chi connectivity index (χ2v) is 8.41. The molecule has 5 aromatic rings. The maximum absolute atomic E-state index is 12.8. The fourth-order valence-corrected chi connectivity index (χ4v) is 4.28. The van der Waals surface area contributed by atoms with Crippen LogP contribution in [-0.4, -0.2) is 61.1 Å². The van der Waals surface area contributed by atoms with Crippen molar-refractivity contribution >= 4 is 33.8 Å². The number of pyridine rings is 2. The molecular formula is C25H27N9O2. The molecule has 184 valence electrons. The Labute approximate surface area is 207 Å². The van der Waals surface area contributed by atoms with Crippen LogP contribution in [0.5, 0.6) is 0 Å². The Hall–Kier alpha value is -4.38. The molecule has 5 aromatic heterocycles. The van der Waals surface area contributed by atoms with Gasteiger partial charge in [-0.25, -0.2) is 19.9 Å². The Kier molecular flexibility index (Phi) is 6.54. The summed E-state index contributed by atoms with van der Waals surface area (Å²) in [5, 5.41) is 7.13. The summed E-state index contributed by atoms with van der Waals surface area (Å²) < 4.78 is 7.20. The number of carbonyl (C=O) groups is 1. The summed E-state index contributed by atoms with van der Waals surface area (Å²) >= 11 is 0. The SMILES string of the molecule is CNc1nc2[nH]c(-c3cccc([C@H](CCCOC)NC(=O)c4cnccn4)n3)cc2c2c1ncn2C. The topological polar surface area (TPSA) is 136 Å². The Morgan fingerprint density at radius 3 is 2.89 bits per heavy atom. The summed E-state index contributed by atoms with van der Waals surface area (Å²) in [4.78, 5) is 38.4. The van der Waals surface area contributed by atoms with Crippen LogP contribution in [0.2, 0.25) is 0 Å². The molecule has 0 aromatic carbocycles. The number of hydrogen-bond donors (Lipinski definition) is 3. The molecule has 0 aliphatic carbocycles. The minimum Gasteiger partial charge on any atom is -0.385 e. The first kappa shape index (κ1) is 23.4. The van der Waals surface area contributed by atoms with Gasteiger partial charge in [0.25, 0.3) is 5.91 Å². The maximum atomic E-state index is 12.8. The van der Waals surface area contributed by atoms with E-state index in [-0.39, 0.29) is 17.6 Å². The van der Waals surface area contributed by atoms with E-state index in [0.29, 0.717) is 18.8 Å². The number of aromatic nitrogens is 7. The van der Waals surface area contributed by atoms with Gasteiger partial charge in [0.15, 0.2) is 5.82 Å². The number of imidazole rings is 1. The number of H-pyrrole nitrogens is 1. The highest BCUT2D eigenvalue weighted by atomic mass is 16.5. The van der Waals surface area contributed by atoms with Gasteiger partial charge in [0, 0.05) is 45.6 Å². The Balaban J connectivity index is 1.50. The molecule has 0 aliphatic rings. The van der Waals surface area contributed by atoms with Crippen LogP contribution in [0.4, 0.5) is 5.82 Å². The summed E-state index contributed by atoms with van der Waals surface area (Å²) in [5.74, 6) is 0.406. The van der Waals surface area contributed by atoms with Crippen LogP contribution in [-0.2, 0) is 11.8 Å². The molecule has 0 unspecified atom stereocenters. The number of fused-ring (bicyclic) bond motifs is 3. The highest BCUT2D eigenvalue weighted by Gasteiger charge is 2.20. The molecule has 0 saturated heterocycles. The van der Waals surface area contributed by atoms with Crippen molar-refractivity contribution in [2.45, 2.75) is 18.9 Å². The number of amides is 1. The zero-order chi connectivity index (χ0) is 25.1. The molecule has 0 saturated carbocycles. The van der Waals surface area contributed by atoms with E-state index in [9.17, 15) is 4.79 Å². The molecule has 3 N–H and O–H groups in total. The second kappa shape index (κ2) is 10.1. The highest BCUT2D eigenvalue weighted by molar-refractivity contribution is 6.07. The number of aryl methyl sites for hydroxylation is 1. The van der Waals surface area contributed by atoms with E-state index in [4.69, 9.17) is 14.7 Å². The van der Waals surface area contributed by atoms with Crippen LogP contribution in [0.1, 0.15) is 35.1 Å². The van der Waals surface area contributed by atoms with Crippen LogP contribution >= 0.6 is 0 Å². The average molecular weight is 486 g/mol. The first-order valence-electron chi connectivity index (χ1n) is 11.6. The van der Waals surface area contributed by atoms with Gasteiger partial charge in [-0.3, -0.25) is 9.78 Å². The second-order valence-electron chi connectivity index (χ2n) is 8.41. The summed E-state index contributed by atoms with van der Waals surface area (Å²) in [6.07, 6.45) is 7.67. The fourth-order valence-electron chi connectivity index (χ4n) is 4.28. The van der Waals surface area contributed by atoms with Gasteiger partial charge in [-0.05, 0) is 31.0 Å². The molecule has 0 fully saturated rings. The van der Waals surface area contributed by atoms with Crippen molar-refractivity contribution in [3.8, 4) is 11.4 Å². The van der Waals surface area contributed by atoms with Crippen molar-refractivity contribution in [1.29, 1.82) is 0 Å². The van der Waals surface area contributed by atoms with E-state index in [2.05, 4.69) is 30.6 Å². The lowest BCUT2D eigenvalue weighted by molar-refractivity contribution is 0.0924. The Morgan fingerprint density at radius 2 is 2.11 bits per heavy atom. The van der Waals surface area contributed by atoms with E-state index in [1.54, 1.807) is 13.4 Å². The maximum Gasteiger partial charge on any atom is 0.272 e. The number of rotatable bonds is 9. The van der Waals surface area contributed by atoms with Crippen molar-refractivity contribution in [2.75, 3.05) is 26.1 Å². The van der Waals surface area contributed by atoms with Crippen molar-refractivity contribution < 1.29 is 9.53 Å². The van der Waals surface area contributed by atoms with Crippen molar-refractivity contribution in [3.63, 3.8) is 0 Å². The number of ether oxygens (including phenoxy) is 1. The highest BCUT2D eigenvalue weighted by Crippen LogP contribution is 2.31. The van der Waals surface area contributed by atoms with E-state index < -0.39 is 0 Å². The number of methoxy groups -OCH3 is 1. The molecule has 5 rings (SSSR count). The molecule has 0 aliphatic heterocycles. The molecule has 1 atom stereocenters. The lowest BCUT2D eigenvalue weighted by Gasteiger charge is -2.18. The first-order valence-corrected chi connectivity index (χ1v) is 11.6. The van der Waals surface area contributed by atoms with Crippen molar-refractivity contribution in [2.24, 2.45) is 7.05 Å². The van der Waals surface area contributed by atoms with Crippen LogP contribution in [0.3, 0.4) is 0 Å². The third-order valence-corrected chi connectivity index (χ3v) is 6.02. The third kappa shape index (κ3) is 4.48.